The van der Waals surface area contributed by atoms with Crippen molar-refractivity contribution in [2.75, 3.05) is 16.8 Å². The Bertz CT molecular complexity index is 363. The van der Waals surface area contributed by atoms with Crippen LogP contribution in [0.4, 0.5) is 10.5 Å². The number of benzene rings is 1. The summed E-state index contributed by atoms with van der Waals surface area (Å²) in [5.74, 6) is 0. The predicted molar refractivity (Wildman–Crippen MR) is 62.6 cm³/mol. The molecule has 0 saturated carbocycles. The van der Waals surface area contributed by atoms with Gasteiger partial charge < -0.3 is 4.74 Å². The van der Waals surface area contributed by atoms with Crippen molar-refractivity contribution in [2.24, 2.45) is 0 Å². The van der Waals surface area contributed by atoms with Crippen LogP contribution in [0.15, 0.2) is 24.3 Å². The molecule has 3 nitrogen and oxygen atoms in total. The van der Waals surface area contributed by atoms with Gasteiger partial charge in [0, 0.05) is 11.0 Å². The van der Waals surface area contributed by atoms with Crippen molar-refractivity contribution in [2.45, 2.75) is 13.0 Å². The minimum absolute atomic E-state index is 0.0428. The first-order valence-corrected chi connectivity index (χ1v) is 5.93. The van der Waals surface area contributed by atoms with Crippen LogP contribution in [0.25, 0.3) is 0 Å². The lowest BCUT2D eigenvalue weighted by Gasteiger charge is -2.12. The molecule has 2 rings (SSSR count). The summed E-state index contributed by atoms with van der Waals surface area (Å²) < 4.78 is 5.15. The van der Waals surface area contributed by atoms with Gasteiger partial charge in [0.15, 0.2) is 0 Å². The van der Waals surface area contributed by atoms with Crippen molar-refractivity contribution in [3.63, 3.8) is 0 Å². The molecule has 0 N–H and O–H groups in total. The molecule has 0 unspecified atom stereocenters. The molecule has 0 aliphatic carbocycles. The molecule has 1 aromatic rings. The zero-order valence-electron chi connectivity index (χ0n) is 8.44. The second-order valence-corrected chi connectivity index (χ2v) is 4.25. The lowest BCUT2D eigenvalue weighted by Crippen LogP contribution is -2.24. The molecule has 1 amide bonds. The lowest BCUT2D eigenvalue weighted by atomic mass is 10.2. The van der Waals surface area contributed by atoms with Gasteiger partial charge in [-0.05, 0) is 19.1 Å². The van der Waals surface area contributed by atoms with E-state index in [1.54, 1.807) is 4.90 Å². The third-order valence-corrected chi connectivity index (χ3v) is 3.11. The number of hydrogen-bond donors (Lipinski definition) is 0. The van der Waals surface area contributed by atoms with E-state index in [4.69, 9.17) is 4.74 Å². The highest BCUT2D eigenvalue weighted by Gasteiger charge is 2.31. The average molecular weight is 270 g/mol. The maximum Gasteiger partial charge on any atom is 0.414 e. The SMILES string of the molecule is Cc1ccc(N2C[C@@H](CBr)OC2=O)cc1. The summed E-state index contributed by atoms with van der Waals surface area (Å²) in [5, 5.41) is 0.682. The largest absolute Gasteiger partial charge is 0.443 e. The van der Waals surface area contributed by atoms with Crippen molar-refractivity contribution >= 4 is 27.7 Å². The first-order chi connectivity index (χ1) is 7.20. The minimum atomic E-state index is -0.261. The predicted octanol–water partition coefficient (Wildman–Crippen LogP) is 2.72. The number of halogens is 1. The van der Waals surface area contributed by atoms with Crippen molar-refractivity contribution in [1.29, 1.82) is 0 Å². The van der Waals surface area contributed by atoms with E-state index < -0.39 is 0 Å². The summed E-state index contributed by atoms with van der Waals surface area (Å²) in [6.45, 7) is 2.64. The molecule has 1 atom stereocenters. The number of carbonyl (C=O) groups is 1. The van der Waals surface area contributed by atoms with E-state index in [1.165, 1.54) is 5.56 Å². The van der Waals surface area contributed by atoms with Crippen LogP contribution in [0.5, 0.6) is 0 Å². The van der Waals surface area contributed by atoms with Crippen LogP contribution in [-0.4, -0.2) is 24.1 Å². The second kappa shape index (κ2) is 4.23. The van der Waals surface area contributed by atoms with Gasteiger partial charge in [0.25, 0.3) is 0 Å². The Hall–Kier alpha value is -1.03. The molecule has 4 heteroatoms. The highest BCUT2D eigenvalue weighted by Crippen LogP contribution is 2.22. The molecule has 1 heterocycles. The van der Waals surface area contributed by atoms with E-state index in [2.05, 4.69) is 15.9 Å². The minimum Gasteiger partial charge on any atom is -0.443 e. The number of nitrogens with zero attached hydrogens (tertiary/aromatic N) is 1. The molecule has 0 radical (unpaired) electrons. The number of cyclic esters (lactones) is 1. The number of alkyl halides is 1. The van der Waals surface area contributed by atoms with E-state index >= 15 is 0 Å². The van der Waals surface area contributed by atoms with Crippen LogP contribution in [0.2, 0.25) is 0 Å². The third kappa shape index (κ3) is 2.15. The Balaban J connectivity index is 2.18. The number of amides is 1. The van der Waals surface area contributed by atoms with E-state index in [1.807, 2.05) is 31.2 Å². The molecule has 1 saturated heterocycles. The van der Waals surface area contributed by atoms with Crippen LogP contribution in [0, 0.1) is 6.92 Å². The van der Waals surface area contributed by atoms with E-state index in [0.29, 0.717) is 11.9 Å². The maximum atomic E-state index is 11.5. The first-order valence-electron chi connectivity index (χ1n) is 4.81. The zero-order chi connectivity index (χ0) is 10.8. The van der Waals surface area contributed by atoms with Crippen molar-refractivity contribution in [1.82, 2.24) is 0 Å². The Kier molecular flexibility index (Phi) is 2.95. The maximum absolute atomic E-state index is 11.5. The summed E-state index contributed by atoms with van der Waals surface area (Å²) >= 11 is 3.31. The van der Waals surface area contributed by atoms with Gasteiger partial charge in [-0.15, -0.1) is 0 Å². The van der Waals surface area contributed by atoms with Crippen LogP contribution in [0.3, 0.4) is 0 Å². The van der Waals surface area contributed by atoms with Crippen molar-refractivity contribution < 1.29 is 9.53 Å². The third-order valence-electron chi connectivity index (χ3n) is 2.39. The van der Waals surface area contributed by atoms with Gasteiger partial charge in [-0.2, -0.15) is 0 Å². The topological polar surface area (TPSA) is 29.5 Å². The quantitative estimate of drug-likeness (QED) is 0.773. The Morgan fingerprint density at radius 2 is 2.13 bits per heavy atom. The van der Waals surface area contributed by atoms with Crippen molar-refractivity contribution in [3.8, 4) is 0 Å². The van der Waals surface area contributed by atoms with E-state index in [-0.39, 0.29) is 12.2 Å². The molecule has 0 bridgehead atoms. The second-order valence-electron chi connectivity index (χ2n) is 3.61. The van der Waals surface area contributed by atoms with Gasteiger partial charge in [-0.25, -0.2) is 4.79 Å². The van der Waals surface area contributed by atoms with Gasteiger partial charge in [0.1, 0.15) is 6.10 Å². The van der Waals surface area contributed by atoms with Crippen LogP contribution in [-0.2, 0) is 4.74 Å². The fraction of sp³-hybridized carbons (Fsp3) is 0.364. The van der Waals surface area contributed by atoms with E-state index in [9.17, 15) is 4.79 Å². The summed E-state index contributed by atoms with van der Waals surface area (Å²) in [4.78, 5) is 13.2. The number of rotatable bonds is 2. The van der Waals surface area contributed by atoms with Gasteiger partial charge in [0.05, 0.1) is 6.54 Å². The van der Waals surface area contributed by atoms with Crippen LogP contribution < -0.4 is 4.90 Å². The van der Waals surface area contributed by atoms with Gasteiger partial charge >= 0.3 is 6.09 Å². The van der Waals surface area contributed by atoms with Gasteiger partial charge in [-0.3, -0.25) is 4.90 Å². The molecule has 1 aromatic carbocycles. The smallest absolute Gasteiger partial charge is 0.414 e. The van der Waals surface area contributed by atoms with Crippen molar-refractivity contribution in [3.05, 3.63) is 29.8 Å². The number of ether oxygens (including phenoxy) is 1. The number of carbonyl (C=O) groups excluding carboxylic acids is 1. The Labute approximate surface area is 97.2 Å². The average Bonchev–Trinajstić information content (AvgIpc) is 2.61. The van der Waals surface area contributed by atoms with Gasteiger partial charge in [0.2, 0.25) is 0 Å². The Morgan fingerprint density at radius 1 is 1.47 bits per heavy atom. The number of hydrogen-bond acceptors (Lipinski definition) is 2. The van der Waals surface area contributed by atoms with Crippen LogP contribution in [0.1, 0.15) is 5.56 Å². The molecule has 0 spiro atoms. The number of aryl methyl sites for hydroxylation is 1. The molecule has 0 aromatic heterocycles. The molecule has 1 fully saturated rings. The normalized spacial score (nSPS) is 20.5. The summed E-state index contributed by atoms with van der Waals surface area (Å²) in [5.41, 5.74) is 2.08. The molecule has 1 aliphatic heterocycles. The number of anilines is 1. The highest BCUT2D eigenvalue weighted by molar-refractivity contribution is 9.09. The lowest BCUT2D eigenvalue weighted by molar-refractivity contribution is 0.152. The molecule has 1 aliphatic rings. The summed E-state index contributed by atoms with van der Waals surface area (Å²) in [6, 6.07) is 7.86. The highest BCUT2D eigenvalue weighted by atomic mass is 79.9. The molecule has 80 valence electrons. The summed E-state index contributed by atoms with van der Waals surface area (Å²) in [6.07, 6.45) is -0.304. The molecular weight excluding hydrogens is 258 g/mol. The monoisotopic (exact) mass is 269 g/mol. The summed E-state index contributed by atoms with van der Waals surface area (Å²) in [7, 11) is 0. The first kappa shape index (κ1) is 10.5. The standard InChI is InChI=1S/C11H12BrNO2/c1-8-2-4-9(5-3-8)13-7-10(6-12)15-11(13)14/h2-5,10H,6-7H2,1H3/t10-/m1/s1. The Morgan fingerprint density at radius 3 is 2.67 bits per heavy atom. The fourth-order valence-corrected chi connectivity index (χ4v) is 1.87. The molecular formula is C11H12BrNO2. The van der Waals surface area contributed by atoms with Gasteiger partial charge in [-0.1, -0.05) is 33.6 Å². The van der Waals surface area contributed by atoms with Crippen LogP contribution >= 0.6 is 15.9 Å². The van der Waals surface area contributed by atoms with E-state index in [0.717, 1.165) is 5.69 Å². The fourth-order valence-electron chi connectivity index (χ4n) is 1.54. The molecule has 15 heavy (non-hydrogen) atoms. The zero-order valence-corrected chi connectivity index (χ0v) is 10.0.